The van der Waals surface area contributed by atoms with Crippen molar-refractivity contribution in [2.24, 2.45) is 13.0 Å². The lowest BCUT2D eigenvalue weighted by atomic mass is 10.0. The number of nitrogens with zero attached hydrogens (tertiary/aromatic N) is 2. The van der Waals surface area contributed by atoms with Crippen LogP contribution in [-0.4, -0.2) is 33.3 Å². The fourth-order valence-electron chi connectivity index (χ4n) is 4.23. The molecule has 0 bridgehead atoms. The van der Waals surface area contributed by atoms with Crippen LogP contribution in [0.2, 0.25) is 0 Å². The number of hydrogen-bond acceptors (Lipinski definition) is 4. The summed E-state index contributed by atoms with van der Waals surface area (Å²) in [5, 5.41) is 8.61. The number of aryl methyl sites for hydroxylation is 1. The standard InChI is InChI=1S/C25H29N5O3/c1-15(2)14-20(23-27-18-10-6-7-11-21(18)30(23)3)26-22(31)13-12-19-25(33)28-17-9-5-4-8-16(17)24(32)29-19/h4-11,15,19-20H,12-14H2,1-3H3,(H,26,31)(H,28,33)(H,29,32)/t19-,20-/m1/s1. The van der Waals surface area contributed by atoms with Gasteiger partial charge < -0.3 is 20.5 Å². The Balaban J connectivity index is 1.44. The highest BCUT2D eigenvalue weighted by Crippen LogP contribution is 2.25. The molecule has 3 N–H and O–H groups in total. The van der Waals surface area contributed by atoms with E-state index in [0.29, 0.717) is 17.2 Å². The van der Waals surface area contributed by atoms with Gasteiger partial charge in [-0.3, -0.25) is 14.4 Å². The number of imidazole rings is 1. The second kappa shape index (κ2) is 9.44. The third-order valence-corrected chi connectivity index (χ3v) is 5.89. The number of amides is 3. The Labute approximate surface area is 192 Å². The highest BCUT2D eigenvalue weighted by molar-refractivity contribution is 6.09. The number of rotatable bonds is 7. The number of nitrogens with one attached hydrogen (secondary N) is 3. The summed E-state index contributed by atoms with van der Waals surface area (Å²) >= 11 is 0. The lowest BCUT2D eigenvalue weighted by molar-refractivity contribution is -0.122. The highest BCUT2D eigenvalue weighted by atomic mass is 16.2. The van der Waals surface area contributed by atoms with Gasteiger partial charge in [-0.1, -0.05) is 38.1 Å². The normalized spacial score (nSPS) is 16.7. The molecular weight excluding hydrogens is 418 g/mol. The molecule has 2 atom stereocenters. The van der Waals surface area contributed by atoms with E-state index in [1.807, 2.05) is 35.9 Å². The fourth-order valence-corrected chi connectivity index (χ4v) is 4.23. The molecule has 0 aliphatic carbocycles. The SMILES string of the molecule is CC(C)C[C@@H](NC(=O)CC[C@H]1NC(=O)c2ccccc2NC1=O)c1nc2ccccc2n1C. The largest absolute Gasteiger partial charge is 0.346 e. The molecule has 0 spiro atoms. The van der Waals surface area contributed by atoms with Crippen LogP contribution >= 0.6 is 0 Å². The molecule has 1 aliphatic rings. The Bertz CT molecular complexity index is 1200. The molecule has 3 aromatic rings. The molecule has 2 heterocycles. The lowest BCUT2D eigenvalue weighted by Crippen LogP contribution is -2.42. The Hall–Kier alpha value is -3.68. The van der Waals surface area contributed by atoms with Gasteiger partial charge in [-0.2, -0.15) is 0 Å². The second-order valence-corrected chi connectivity index (χ2v) is 8.87. The molecule has 0 radical (unpaired) electrons. The van der Waals surface area contributed by atoms with Gasteiger partial charge in [0.2, 0.25) is 11.8 Å². The Morgan fingerprint density at radius 3 is 2.61 bits per heavy atom. The molecule has 8 nitrogen and oxygen atoms in total. The maximum absolute atomic E-state index is 12.9. The lowest BCUT2D eigenvalue weighted by Gasteiger charge is -2.21. The second-order valence-electron chi connectivity index (χ2n) is 8.87. The first-order valence-corrected chi connectivity index (χ1v) is 11.2. The van der Waals surface area contributed by atoms with Crippen molar-refractivity contribution in [1.29, 1.82) is 0 Å². The van der Waals surface area contributed by atoms with Gasteiger partial charge in [-0.15, -0.1) is 0 Å². The van der Waals surface area contributed by atoms with Gasteiger partial charge in [0.1, 0.15) is 11.9 Å². The molecule has 3 amide bonds. The third-order valence-electron chi connectivity index (χ3n) is 5.89. The number of anilines is 1. The summed E-state index contributed by atoms with van der Waals surface area (Å²) in [6.07, 6.45) is 1.04. The van der Waals surface area contributed by atoms with Crippen molar-refractivity contribution in [3.63, 3.8) is 0 Å². The maximum Gasteiger partial charge on any atom is 0.254 e. The molecular formula is C25H29N5O3. The average Bonchev–Trinajstić information content (AvgIpc) is 3.06. The number of carbonyl (C=O) groups is 3. The minimum absolute atomic E-state index is 0.104. The number of benzene rings is 2. The van der Waals surface area contributed by atoms with Crippen LogP contribution in [0.15, 0.2) is 48.5 Å². The van der Waals surface area contributed by atoms with Crippen LogP contribution in [-0.2, 0) is 16.6 Å². The van der Waals surface area contributed by atoms with E-state index >= 15 is 0 Å². The van der Waals surface area contributed by atoms with Gasteiger partial charge in [0.25, 0.3) is 5.91 Å². The van der Waals surface area contributed by atoms with Crippen molar-refractivity contribution < 1.29 is 14.4 Å². The zero-order chi connectivity index (χ0) is 23.5. The molecule has 172 valence electrons. The molecule has 1 aliphatic heterocycles. The first-order valence-electron chi connectivity index (χ1n) is 11.2. The van der Waals surface area contributed by atoms with Crippen LogP contribution in [0.4, 0.5) is 5.69 Å². The molecule has 0 saturated carbocycles. The molecule has 0 unspecified atom stereocenters. The van der Waals surface area contributed by atoms with E-state index in [0.717, 1.165) is 23.3 Å². The highest BCUT2D eigenvalue weighted by Gasteiger charge is 2.28. The number of para-hydroxylation sites is 3. The van der Waals surface area contributed by atoms with Crippen molar-refractivity contribution in [2.45, 2.75) is 45.2 Å². The first-order chi connectivity index (χ1) is 15.8. The zero-order valence-corrected chi connectivity index (χ0v) is 19.1. The Morgan fingerprint density at radius 2 is 1.85 bits per heavy atom. The predicted molar refractivity (Wildman–Crippen MR) is 127 cm³/mol. The first kappa shape index (κ1) is 22.5. The van der Waals surface area contributed by atoms with Gasteiger partial charge >= 0.3 is 0 Å². The summed E-state index contributed by atoms with van der Waals surface area (Å²) < 4.78 is 2.01. The summed E-state index contributed by atoms with van der Waals surface area (Å²) in [4.78, 5) is 42.7. The minimum Gasteiger partial charge on any atom is -0.346 e. The topological polar surface area (TPSA) is 105 Å². The molecule has 0 fully saturated rings. The number of hydrogen-bond donors (Lipinski definition) is 3. The van der Waals surface area contributed by atoms with Crippen LogP contribution < -0.4 is 16.0 Å². The van der Waals surface area contributed by atoms with E-state index < -0.39 is 6.04 Å². The molecule has 0 saturated heterocycles. The summed E-state index contributed by atoms with van der Waals surface area (Å²) in [5.74, 6) is 0.313. The van der Waals surface area contributed by atoms with Crippen LogP contribution in [0, 0.1) is 5.92 Å². The van der Waals surface area contributed by atoms with Crippen molar-refractivity contribution in [3.8, 4) is 0 Å². The number of aromatic nitrogens is 2. The Morgan fingerprint density at radius 1 is 1.12 bits per heavy atom. The van der Waals surface area contributed by atoms with E-state index in [9.17, 15) is 14.4 Å². The molecule has 8 heteroatoms. The van der Waals surface area contributed by atoms with Gasteiger partial charge in [0, 0.05) is 13.5 Å². The van der Waals surface area contributed by atoms with Crippen LogP contribution in [0.25, 0.3) is 11.0 Å². The third kappa shape index (κ3) is 4.89. The van der Waals surface area contributed by atoms with Crippen molar-refractivity contribution in [3.05, 3.63) is 59.9 Å². The van der Waals surface area contributed by atoms with E-state index in [1.54, 1.807) is 24.3 Å². The summed E-state index contributed by atoms with van der Waals surface area (Å²) in [5.41, 5.74) is 2.78. The molecule has 1 aromatic heterocycles. The number of fused-ring (bicyclic) bond motifs is 2. The van der Waals surface area contributed by atoms with Crippen molar-refractivity contribution in [1.82, 2.24) is 20.2 Å². The van der Waals surface area contributed by atoms with E-state index in [2.05, 4.69) is 29.8 Å². The molecule has 2 aromatic carbocycles. The summed E-state index contributed by atoms with van der Waals surface area (Å²) in [6.45, 7) is 4.20. The maximum atomic E-state index is 12.9. The van der Waals surface area contributed by atoms with E-state index in [-0.39, 0.29) is 36.6 Å². The molecule has 4 rings (SSSR count). The van der Waals surface area contributed by atoms with Crippen molar-refractivity contribution in [2.75, 3.05) is 5.32 Å². The van der Waals surface area contributed by atoms with E-state index in [1.165, 1.54) is 0 Å². The number of carbonyl (C=O) groups excluding carboxylic acids is 3. The minimum atomic E-state index is -0.782. The Kier molecular flexibility index (Phi) is 6.44. The zero-order valence-electron chi connectivity index (χ0n) is 19.1. The summed E-state index contributed by atoms with van der Waals surface area (Å²) in [7, 11) is 1.95. The van der Waals surface area contributed by atoms with Gasteiger partial charge in [-0.05, 0) is 43.0 Å². The van der Waals surface area contributed by atoms with Crippen LogP contribution in [0.5, 0.6) is 0 Å². The fraction of sp³-hybridized carbons (Fsp3) is 0.360. The van der Waals surface area contributed by atoms with Crippen LogP contribution in [0.3, 0.4) is 0 Å². The molecule has 33 heavy (non-hydrogen) atoms. The average molecular weight is 448 g/mol. The predicted octanol–water partition coefficient (Wildman–Crippen LogP) is 3.31. The van der Waals surface area contributed by atoms with Crippen LogP contribution in [0.1, 0.15) is 55.3 Å². The van der Waals surface area contributed by atoms with Gasteiger partial charge in [-0.25, -0.2) is 4.98 Å². The quantitative estimate of drug-likeness (QED) is 0.517. The van der Waals surface area contributed by atoms with Gasteiger partial charge in [0.15, 0.2) is 0 Å². The van der Waals surface area contributed by atoms with Crippen molar-refractivity contribution >= 4 is 34.4 Å². The van der Waals surface area contributed by atoms with E-state index in [4.69, 9.17) is 4.98 Å². The monoisotopic (exact) mass is 447 g/mol. The smallest absolute Gasteiger partial charge is 0.254 e. The van der Waals surface area contributed by atoms with Gasteiger partial charge in [0.05, 0.1) is 28.3 Å². The summed E-state index contributed by atoms with van der Waals surface area (Å²) in [6, 6.07) is 13.7.